The fourth-order valence-electron chi connectivity index (χ4n) is 3.75. The number of benzene rings is 2. The first-order valence-corrected chi connectivity index (χ1v) is 11.9. The highest BCUT2D eigenvalue weighted by molar-refractivity contribution is 7.80. The third-order valence-electron chi connectivity index (χ3n) is 5.51. The van der Waals surface area contributed by atoms with Crippen LogP contribution in [0, 0.1) is 5.92 Å². The van der Waals surface area contributed by atoms with Crippen LogP contribution < -0.4 is 20.7 Å². The molecule has 0 saturated heterocycles. The minimum absolute atomic E-state index is 0.228. The van der Waals surface area contributed by atoms with Gasteiger partial charge in [-0.25, -0.2) is 9.59 Å². The second-order valence-electron chi connectivity index (χ2n) is 8.55. The first kappa shape index (κ1) is 26.0. The van der Waals surface area contributed by atoms with Gasteiger partial charge in [0.1, 0.15) is 5.75 Å². The molecule has 0 saturated carbocycles. The van der Waals surface area contributed by atoms with E-state index in [1.807, 2.05) is 44.7 Å². The lowest BCUT2D eigenvalue weighted by Crippen LogP contribution is -2.47. The third kappa shape index (κ3) is 6.51. The third-order valence-corrected chi connectivity index (χ3v) is 5.85. The van der Waals surface area contributed by atoms with E-state index in [1.54, 1.807) is 43.5 Å². The molecule has 1 aliphatic heterocycles. The van der Waals surface area contributed by atoms with Crippen molar-refractivity contribution in [2.45, 2.75) is 33.7 Å². The van der Waals surface area contributed by atoms with Gasteiger partial charge >= 0.3 is 12.0 Å². The molecule has 3 rings (SSSR count). The zero-order valence-electron chi connectivity index (χ0n) is 20.7. The maximum atomic E-state index is 13.0. The van der Waals surface area contributed by atoms with Gasteiger partial charge in [-0.05, 0) is 61.8 Å². The Morgan fingerprint density at radius 3 is 2.43 bits per heavy atom. The molecule has 1 atom stereocenters. The zero-order chi connectivity index (χ0) is 25.5. The van der Waals surface area contributed by atoms with Crippen molar-refractivity contribution < 1.29 is 19.1 Å². The number of nitrogens with zero attached hydrogens (tertiary/aromatic N) is 1. The van der Waals surface area contributed by atoms with Gasteiger partial charge in [-0.2, -0.15) is 0 Å². The summed E-state index contributed by atoms with van der Waals surface area (Å²) in [6.45, 7) is 8.82. The second kappa shape index (κ2) is 11.7. The van der Waals surface area contributed by atoms with Gasteiger partial charge in [-0.1, -0.05) is 32.0 Å². The Balaban J connectivity index is 1.77. The lowest BCUT2D eigenvalue weighted by Gasteiger charge is -2.37. The van der Waals surface area contributed by atoms with Crippen molar-refractivity contribution in [2.75, 3.05) is 30.9 Å². The number of rotatable bonds is 8. The Bertz CT molecular complexity index is 1110. The quantitative estimate of drug-likeness (QED) is 0.347. The van der Waals surface area contributed by atoms with E-state index in [0.717, 1.165) is 11.3 Å². The van der Waals surface area contributed by atoms with Crippen molar-refractivity contribution in [3.05, 3.63) is 65.4 Å². The van der Waals surface area contributed by atoms with Crippen LogP contribution in [0.2, 0.25) is 0 Å². The number of hydrogen-bond donors (Lipinski definition) is 3. The van der Waals surface area contributed by atoms with Crippen molar-refractivity contribution in [3.63, 3.8) is 0 Å². The SMILES string of the molecule is CCN1C(=S)NC(c2ccc(NC(=O)Nc3cccc(OC)c3)cc2)C(C(=O)OCC(C)C)=C1C. The maximum absolute atomic E-state index is 13.0. The summed E-state index contributed by atoms with van der Waals surface area (Å²) >= 11 is 5.54. The molecule has 0 bridgehead atoms. The second-order valence-corrected chi connectivity index (χ2v) is 8.94. The molecule has 0 spiro atoms. The number of nitrogens with one attached hydrogen (secondary N) is 3. The number of esters is 1. The fraction of sp³-hybridized carbons (Fsp3) is 0.346. The van der Waals surface area contributed by atoms with Crippen LogP contribution in [-0.4, -0.2) is 42.3 Å². The minimum atomic E-state index is -0.454. The number of methoxy groups -OCH3 is 1. The number of hydrogen-bond acceptors (Lipinski definition) is 5. The van der Waals surface area contributed by atoms with Crippen LogP contribution in [0.15, 0.2) is 59.8 Å². The van der Waals surface area contributed by atoms with Crippen LogP contribution in [-0.2, 0) is 9.53 Å². The van der Waals surface area contributed by atoms with Gasteiger partial charge in [0.2, 0.25) is 0 Å². The standard InChI is InChI=1S/C26H32N4O4S/c1-6-30-17(4)22(24(31)34-15-16(2)3)23(29-26(30)35)18-10-12-19(13-11-18)27-25(32)28-20-8-7-9-21(14-20)33-5/h7-14,16,23H,6,15H2,1-5H3,(H,29,35)(H2,27,28,32). The normalized spacial score (nSPS) is 15.5. The van der Waals surface area contributed by atoms with E-state index in [-0.39, 0.29) is 17.9 Å². The molecule has 1 unspecified atom stereocenters. The molecule has 0 aliphatic carbocycles. The van der Waals surface area contributed by atoms with Crippen molar-refractivity contribution in [1.29, 1.82) is 0 Å². The molecule has 186 valence electrons. The van der Waals surface area contributed by atoms with E-state index in [0.29, 0.717) is 41.0 Å². The summed E-state index contributed by atoms with van der Waals surface area (Å²) in [4.78, 5) is 27.3. The lowest BCUT2D eigenvalue weighted by atomic mass is 9.95. The van der Waals surface area contributed by atoms with Gasteiger partial charge in [0.15, 0.2) is 5.11 Å². The molecular formula is C26H32N4O4S. The van der Waals surface area contributed by atoms with Gasteiger partial charge in [-0.15, -0.1) is 0 Å². The summed E-state index contributed by atoms with van der Waals surface area (Å²) in [5.74, 6) is 0.513. The van der Waals surface area contributed by atoms with E-state index < -0.39 is 6.04 Å². The zero-order valence-corrected chi connectivity index (χ0v) is 21.5. The van der Waals surface area contributed by atoms with E-state index in [4.69, 9.17) is 21.7 Å². The Morgan fingerprint density at radius 1 is 1.11 bits per heavy atom. The van der Waals surface area contributed by atoms with Crippen molar-refractivity contribution in [1.82, 2.24) is 10.2 Å². The van der Waals surface area contributed by atoms with E-state index >= 15 is 0 Å². The van der Waals surface area contributed by atoms with Crippen LogP contribution in [0.4, 0.5) is 16.2 Å². The summed E-state index contributed by atoms with van der Waals surface area (Å²) in [6.07, 6.45) is 0. The number of thiocarbonyl (C=S) groups is 1. The fourth-order valence-corrected chi connectivity index (χ4v) is 4.13. The summed E-state index contributed by atoms with van der Waals surface area (Å²) in [6, 6.07) is 13.5. The summed E-state index contributed by atoms with van der Waals surface area (Å²) < 4.78 is 10.7. The minimum Gasteiger partial charge on any atom is -0.497 e. The van der Waals surface area contributed by atoms with Crippen LogP contribution in [0.5, 0.6) is 5.75 Å². The highest BCUT2D eigenvalue weighted by atomic mass is 32.1. The van der Waals surface area contributed by atoms with Gasteiger partial charge in [0, 0.05) is 29.7 Å². The van der Waals surface area contributed by atoms with Crippen molar-refractivity contribution in [2.24, 2.45) is 5.92 Å². The highest BCUT2D eigenvalue weighted by Crippen LogP contribution is 2.32. The molecule has 35 heavy (non-hydrogen) atoms. The Hall–Kier alpha value is -3.59. The molecule has 1 heterocycles. The predicted octanol–water partition coefficient (Wildman–Crippen LogP) is 5.06. The van der Waals surface area contributed by atoms with Crippen LogP contribution in [0.25, 0.3) is 0 Å². The van der Waals surface area contributed by atoms with E-state index in [2.05, 4.69) is 16.0 Å². The highest BCUT2D eigenvalue weighted by Gasteiger charge is 2.34. The number of allylic oxidation sites excluding steroid dienone is 1. The van der Waals surface area contributed by atoms with Gasteiger partial charge in [-0.3, -0.25) is 0 Å². The summed E-state index contributed by atoms with van der Waals surface area (Å²) in [5, 5.41) is 9.41. The Morgan fingerprint density at radius 2 is 1.80 bits per heavy atom. The number of ether oxygens (including phenoxy) is 2. The molecule has 2 aromatic carbocycles. The largest absolute Gasteiger partial charge is 0.497 e. The molecule has 2 amide bonds. The first-order chi connectivity index (χ1) is 16.7. The van der Waals surface area contributed by atoms with Crippen molar-refractivity contribution in [3.8, 4) is 5.75 Å². The molecule has 9 heteroatoms. The smallest absolute Gasteiger partial charge is 0.338 e. The molecular weight excluding hydrogens is 464 g/mol. The first-order valence-electron chi connectivity index (χ1n) is 11.5. The van der Waals surface area contributed by atoms with Gasteiger partial charge in [0.05, 0.1) is 25.3 Å². The Kier molecular flexibility index (Phi) is 8.70. The number of urea groups is 1. The predicted molar refractivity (Wildman–Crippen MR) is 141 cm³/mol. The molecule has 1 aliphatic rings. The molecule has 8 nitrogen and oxygen atoms in total. The van der Waals surface area contributed by atoms with E-state index in [9.17, 15) is 9.59 Å². The summed E-state index contributed by atoms with van der Waals surface area (Å²) in [5.41, 5.74) is 3.35. The van der Waals surface area contributed by atoms with Gasteiger partial charge in [0.25, 0.3) is 0 Å². The molecule has 0 fully saturated rings. The molecule has 2 aromatic rings. The number of amides is 2. The van der Waals surface area contributed by atoms with Crippen LogP contribution in [0.1, 0.15) is 39.3 Å². The molecule has 0 aromatic heterocycles. The molecule has 3 N–H and O–H groups in total. The van der Waals surface area contributed by atoms with Gasteiger partial charge < -0.3 is 30.3 Å². The number of carbonyl (C=O) groups is 2. The lowest BCUT2D eigenvalue weighted by molar-refractivity contribution is -0.140. The van der Waals surface area contributed by atoms with Crippen molar-refractivity contribution >= 4 is 40.7 Å². The van der Waals surface area contributed by atoms with Crippen LogP contribution in [0.3, 0.4) is 0 Å². The van der Waals surface area contributed by atoms with E-state index in [1.165, 1.54) is 0 Å². The topological polar surface area (TPSA) is 91.9 Å². The Labute approximate surface area is 211 Å². The van der Waals surface area contributed by atoms with Crippen LogP contribution >= 0.6 is 12.2 Å². The molecule has 0 radical (unpaired) electrons. The average molecular weight is 497 g/mol. The number of carbonyl (C=O) groups excluding carboxylic acids is 2. The average Bonchev–Trinajstić information content (AvgIpc) is 2.83. The number of anilines is 2. The summed E-state index contributed by atoms with van der Waals surface area (Å²) in [7, 11) is 1.57. The monoisotopic (exact) mass is 496 g/mol. The maximum Gasteiger partial charge on any atom is 0.338 e.